The molecule has 0 heterocycles. The molecule has 0 bridgehead atoms. The van der Waals surface area contributed by atoms with Gasteiger partial charge in [0.05, 0.1) is 0 Å². The smallest absolute Gasteiger partial charge is 0.141 e. The summed E-state index contributed by atoms with van der Waals surface area (Å²) in [6, 6.07) is 13.3. The lowest BCUT2D eigenvalue weighted by Gasteiger charge is -1.98. The molecule has 0 saturated heterocycles. The molecule has 0 aliphatic rings. The van der Waals surface area contributed by atoms with Crippen LogP contribution >= 0.6 is 15.9 Å². The van der Waals surface area contributed by atoms with E-state index in [0.29, 0.717) is 5.69 Å². The molecule has 0 aliphatic heterocycles. The fourth-order valence-electron chi connectivity index (χ4n) is 1.62. The van der Waals surface area contributed by atoms with Gasteiger partial charge >= 0.3 is 0 Å². The molecule has 19 heavy (non-hydrogen) atoms. The van der Waals surface area contributed by atoms with E-state index in [-0.39, 0.29) is 5.75 Å². The van der Waals surface area contributed by atoms with Gasteiger partial charge in [-0.2, -0.15) is 0 Å². The van der Waals surface area contributed by atoms with Crippen LogP contribution in [0.1, 0.15) is 11.1 Å². The van der Waals surface area contributed by atoms with Gasteiger partial charge in [0.15, 0.2) is 0 Å². The third kappa shape index (κ3) is 4.07. The molecule has 2 aromatic carbocycles. The molecule has 0 amide bonds. The topological polar surface area (TPSA) is 32.6 Å². The van der Waals surface area contributed by atoms with E-state index in [0.717, 1.165) is 15.6 Å². The summed E-state index contributed by atoms with van der Waals surface area (Å²) in [5.74, 6) is 0.192. The van der Waals surface area contributed by atoms with E-state index >= 15 is 0 Å². The summed E-state index contributed by atoms with van der Waals surface area (Å²) >= 11 is 3.42. The number of hydrogen-bond donors (Lipinski definition) is 1. The zero-order valence-electron chi connectivity index (χ0n) is 10.5. The number of allylic oxidation sites excluding steroid dienone is 1. The Labute approximate surface area is 121 Å². The van der Waals surface area contributed by atoms with Crippen molar-refractivity contribution >= 4 is 33.9 Å². The standard InChI is InChI=1S/C16H14BrNO/c1-12-7-8-16(19)15(10-12)18-9-3-5-13-4-2-6-14(17)11-13/h2-11,19H,1H3/b5-3-,18-9?. The molecule has 2 aromatic rings. The molecule has 0 unspecified atom stereocenters. The van der Waals surface area contributed by atoms with Gasteiger partial charge < -0.3 is 5.11 Å². The van der Waals surface area contributed by atoms with Crippen LogP contribution in [0.25, 0.3) is 6.08 Å². The monoisotopic (exact) mass is 315 g/mol. The predicted molar refractivity (Wildman–Crippen MR) is 84.2 cm³/mol. The van der Waals surface area contributed by atoms with Crippen molar-refractivity contribution < 1.29 is 5.11 Å². The molecule has 0 fully saturated rings. The number of halogens is 1. The summed E-state index contributed by atoms with van der Waals surface area (Å²) in [6.07, 6.45) is 5.49. The number of benzene rings is 2. The van der Waals surface area contributed by atoms with Gasteiger partial charge in [0.2, 0.25) is 0 Å². The second-order valence-electron chi connectivity index (χ2n) is 4.18. The highest BCUT2D eigenvalue weighted by Gasteiger charge is 1.96. The maximum atomic E-state index is 9.64. The molecule has 0 radical (unpaired) electrons. The second-order valence-corrected chi connectivity index (χ2v) is 5.10. The largest absolute Gasteiger partial charge is 0.506 e. The van der Waals surface area contributed by atoms with Gasteiger partial charge in [-0.05, 0) is 48.4 Å². The average Bonchev–Trinajstić information content (AvgIpc) is 2.39. The molecule has 1 N–H and O–H groups in total. The molecular weight excluding hydrogens is 302 g/mol. The van der Waals surface area contributed by atoms with Crippen molar-refractivity contribution in [3.8, 4) is 5.75 Å². The Morgan fingerprint density at radius 2 is 2.00 bits per heavy atom. The van der Waals surface area contributed by atoms with Crippen LogP contribution in [0.2, 0.25) is 0 Å². The van der Waals surface area contributed by atoms with Gasteiger partial charge in [0, 0.05) is 10.7 Å². The molecule has 96 valence electrons. The first kappa shape index (κ1) is 13.6. The quantitative estimate of drug-likeness (QED) is 0.804. The lowest BCUT2D eigenvalue weighted by molar-refractivity contribution is 0.477. The SMILES string of the molecule is Cc1ccc(O)c(N=C/C=C\c2cccc(Br)c2)c1. The van der Waals surface area contributed by atoms with Crippen LogP contribution in [0.15, 0.2) is 58.0 Å². The number of nitrogens with zero attached hydrogens (tertiary/aromatic N) is 1. The Hall–Kier alpha value is -1.87. The molecule has 0 spiro atoms. The zero-order valence-corrected chi connectivity index (χ0v) is 12.1. The molecule has 0 atom stereocenters. The molecular formula is C16H14BrNO. The first-order valence-corrected chi connectivity index (χ1v) is 6.70. The third-order valence-corrected chi connectivity index (χ3v) is 3.06. The normalized spacial score (nSPS) is 11.5. The summed E-state index contributed by atoms with van der Waals surface area (Å²) in [4.78, 5) is 4.23. The van der Waals surface area contributed by atoms with Crippen LogP contribution in [0.3, 0.4) is 0 Å². The Kier molecular flexibility index (Phi) is 4.53. The van der Waals surface area contributed by atoms with E-state index in [1.165, 1.54) is 0 Å². The number of aliphatic imine (C=N–C) groups is 1. The molecule has 0 aliphatic carbocycles. The molecule has 2 nitrogen and oxygen atoms in total. The number of rotatable bonds is 3. The minimum Gasteiger partial charge on any atom is -0.506 e. The van der Waals surface area contributed by atoms with E-state index in [9.17, 15) is 5.11 Å². The average molecular weight is 316 g/mol. The number of aromatic hydroxyl groups is 1. The highest BCUT2D eigenvalue weighted by Crippen LogP contribution is 2.26. The number of phenols is 1. The summed E-state index contributed by atoms with van der Waals surface area (Å²) in [5.41, 5.74) is 2.74. The fourth-order valence-corrected chi connectivity index (χ4v) is 2.04. The third-order valence-electron chi connectivity index (χ3n) is 2.57. The lowest BCUT2D eigenvalue weighted by Crippen LogP contribution is -1.74. The predicted octanol–water partition coefficient (Wildman–Crippen LogP) is 4.88. The van der Waals surface area contributed by atoms with E-state index in [1.54, 1.807) is 12.3 Å². The van der Waals surface area contributed by atoms with E-state index in [1.807, 2.05) is 55.5 Å². The van der Waals surface area contributed by atoms with Crippen LogP contribution in [-0.2, 0) is 0 Å². The molecule has 0 aromatic heterocycles. The Morgan fingerprint density at radius 1 is 1.16 bits per heavy atom. The minimum atomic E-state index is 0.192. The molecule has 2 rings (SSSR count). The van der Waals surface area contributed by atoms with E-state index in [2.05, 4.69) is 20.9 Å². The van der Waals surface area contributed by atoms with Gasteiger partial charge in [-0.15, -0.1) is 0 Å². The Bertz CT molecular complexity index is 632. The van der Waals surface area contributed by atoms with Crippen molar-refractivity contribution in [2.45, 2.75) is 6.92 Å². The number of hydrogen-bond acceptors (Lipinski definition) is 2. The second kappa shape index (κ2) is 6.34. The van der Waals surface area contributed by atoms with Gasteiger partial charge in [-0.3, -0.25) is 4.99 Å². The highest BCUT2D eigenvalue weighted by molar-refractivity contribution is 9.10. The van der Waals surface area contributed by atoms with Gasteiger partial charge in [0.1, 0.15) is 11.4 Å². The van der Waals surface area contributed by atoms with Crippen LogP contribution in [-0.4, -0.2) is 11.3 Å². The fraction of sp³-hybridized carbons (Fsp3) is 0.0625. The Morgan fingerprint density at radius 3 is 2.79 bits per heavy atom. The number of aryl methyl sites for hydroxylation is 1. The van der Waals surface area contributed by atoms with Gasteiger partial charge in [0.25, 0.3) is 0 Å². The van der Waals surface area contributed by atoms with Crippen molar-refractivity contribution in [2.75, 3.05) is 0 Å². The summed E-state index contributed by atoms with van der Waals surface area (Å²) in [7, 11) is 0. The molecule has 0 saturated carbocycles. The summed E-state index contributed by atoms with van der Waals surface area (Å²) < 4.78 is 1.04. The van der Waals surface area contributed by atoms with Gasteiger partial charge in [-0.1, -0.05) is 40.2 Å². The van der Waals surface area contributed by atoms with Crippen LogP contribution < -0.4 is 0 Å². The minimum absolute atomic E-state index is 0.192. The maximum Gasteiger partial charge on any atom is 0.141 e. The Balaban J connectivity index is 2.09. The van der Waals surface area contributed by atoms with Crippen LogP contribution in [0.5, 0.6) is 5.75 Å². The van der Waals surface area contributed by atoms with E-state index in [4.69, 9.17) is 0 Å². The highest BCUT2D eigenvalue weighted by atomic mass is 79.9. The van der Waals surface area contributed by atoms with Crippen molar-refractivity contribution in [3.63, 3.8) is 0 Å². The first-order valence-electron chi connectivity index (χ1n) is 5.91. The van der Waals surface area contributed by atoms with Gasteiger partial charge in [-0.25, -0.2) is 0 Å². The lowest BCUT2D eigenvalue weighted by atomic mass is 10.2. The summed E-state index contributed by atoms with van der Waals surface area (Å²) in [5, 5.41) is 9.64. The van der Waals surface area contributed by atoms with Crippen molar-refractivity contribution in [2.24, 2.45) is 4.99 Å². The van der Waals surface area contributed by atoms with Crippen LogP contribution in [0, 0.1) is 6.92 Å². The van der Waals surface area contributed by atoms with E-state index < -0.39 is 0 Å². The summed E-state index contributed by atoms with van der Waals surface area (Å²) in [6.45, 7) is 1.97. The van der Waals surface area contributed by atoms with Crippen molar-refractivity contribution in [1.29, 1.82) is 0 Å². The molecule has 3 heteroatoms. The van der Waals surface area contributed by atoms with Crippen molar-refractivity contribution in [3.05, 3.63) is 64.1 Å². The van der Waals surface area contributed by atoms with Crippen molar-refractivity contribution in [1.82, 2.24) is 0 Å². The zero-order chi connectivity index (χ0) is 13.7. The first-order chi connectivity index (χ1) is 9.15. The maximum absolute atomic E-state index is 9.64. The number of phenolic OH excluding ortho intramolecular Hbond substituents is 1. The van der Waals surface area contributed by atoms with Crippen LogP contribution in [0.4, 0.5) is 5.69 Å².